The van der Waals surface area contributed by atoms with Crippen molar-refractivity contribution in [1.82, 2.24) is 19.7 Å². The van der Waals surface area contributed by atoms with Gasteiger partial charge in [-0.05, 0) is 65.6 Å². The number of aromatic nitrogens is 1. The fourth-order valence-corrected chi connectivity index (χ4v) is 5.43. The molecule has 1 aromatic rings. The Morgan fingerprint density at radius 1 is 1.17 bits per heavy atom. The average Bonchev–Trinajstić information content (AvgIpc) is 3.33. The van der Waals surface area contributed by atoms with Crippen LogP contribution < -0.4 is 0 Å². The molecule has 0 radical (unpaired) electrons. The van der Waals surface area contributed by atoms with Gasteiger partial charge >= 0.3 is 0 Å². The molecule has 29 heavy (non-hydrogen) atoms. The molecule has 0 aliphatic carbocycles. The van der Waals surface area contributed by atoms with E-state index in [4.69, 9.17) is 0 Å². The number of hydrogen-bond acceptors (Lipinski definition) is 5. The number of rotatable bonds is 7. The lowest BCUT2D eigenvalue weighted by Gasteiger charge is -2.40. The Morgan fingerprint density at radius 2 is 1.90 bits per heavy atom. The second kappa shape index (κ2) is 10.0. The van der Waals surface area contributed by atoms with E-state index in [1.54, 1.807) is 0 Å². The maximum atomic E-state index is 13.1. The molecule has 7 heteroatoms. The lowest BCUT2D eigenvalue weighted by molar-refractivity contribution is -0.138. The van der Waals surface area contributed by atoms with Gasteiger partial charge in [0.15, 0.2) is 0 Å². The van der Waals surface area contributed by atoms with E-state index in [0.29, 0.717) is 6.54 Å². The van der Waals surface area contributed by atoms with Gasteiger partial charge in [0.2, 0.25) is 5.91 Å². The zero-order chi connectivity index (χ0) is 21.0. The lowest BCUT2D eigenvalue weighted by Crippen LogP contribution is -2.53. The summed E-state index contributed by atoms with van der Waals surface area (Å²) in [5, 5.41) is 0.929. The molecule has 2 aliphatic heterocycles. The monoisotopic (exact) mass is 420 g/mol. The molecule has 0 N–H and O–H groups in total. The topological polar surface area (TPSA) is 56.8 Å². The van der Waals surface area contributed by atoms with Gasteiger partial charge in [-0.1, -0.05) is 13.8 Å². The number of hydrogen-bond donors (Lipinski definition) is 0. The van der Waals surface area contributed by atoms with Gasteiger partial charge in [0.1, 0.15) is 4.88 Å². The van der Waals surface area contributed by atoms with Crippen molar-refractivity contribution in [2.24, 2.45) is 5.92 Å². The van der Waals surface area contributed by atoms with Gasteiger partial charge < -0.3 is 14.7 Å². The zero-order valence-corrected chi connectivity index (χ0v) is 19.3. The highest BCUT2D eigenvalue weighted by molar-refractivity contribution is 7.13. The predicted molar refractivity (Wildman–Crippen MR) is 117 cm³/mol. The third-order valence-electron chi connectivity index (χ3n) is 6.07. The van der Waals surface area contributed by atoms with Crippen molar-refractivity contribution < 1.29 is 9.59 Å². The fraction of sp³-hybridized carbons (Fsp3) is 0.773. The summed E-state index contributed by atoms with van der Waals surface area (Å²) >= 11 is 1.48. The normalized spacial score (nSPS) is 20.4. The molecular weight excluding hydrogens is 384 g/mol. The Bertz CT molecular complexity index is 712. The number of nitrogens with zero attached hydrogens (tertiary/aromatic N) is 4. The number of carbonyl (C=O) groups excluding carboxylic acids is 2. The van der Waals surface area contributed by atoms with Crippen LogP contribution in [0.1, 0.15) is 66.3 Å². The third-order valence-corrected chi connectivity index (χ3v) is 7.13. The molecule has 0 bridgehead atoms. The van der Waals surface area contributed by atoms with E-state index >= 15 is 0 Å². The first kappa shape index (κ1) is 22.2. The number of aryl methyl sites for hydroxylation is 2. The van der Waals surface area contributed by atoms with Crippen LogP contribution in [0.4, 0.5) is 0 Å². The van der Waals surface area contributed by atoms with E-state index in [0.717, 1.165) is 54.5 Å². The van der Waals surface area contributed by atoms with Gasteiger partial charge in [-0.2, -0.15) is 0 Å². The molecule has 2 saturated heterocycles. The van der Waals surface area contributed by atoms with Crippen molar-refractivity contribution >= 4 is 23.2 Å². The number of piperidine rings is 1. The number of likely N-dealkylation sites (tertiary alicyclic amines) is 2. The Labute approximate surface area is 179 Å². The summed E-state index contributed by atoms with van der Waals surface area (Å²) in [7, 11) is 0. The summed E-state index contributed by atoms with van der Waals surface area (Å²) in [5.74, 6) is 0.279. The van der Waals surface area contributed by atoms with Crippen LogP contribution in [0.3, 0.4) is 0 Å². The van der Waals surface area contributed by atoms with Gasteiger partial charge in [-0.25, -0.2) is 4.98 Å². The molecule has 6 nitrogen and oxygen atoms in total. The average molecular weight is 421 g/mol. The highest BCUT2D eigenvalue weighted by atomic mass is 32.1. The Morgan fingerprint density at radius 3 is 2.52 bits per heavy atom. The predicted octanol–water partition coefficient (Wildman–Crippen LogP) is 3.34. The van der Waals surface area contributed by atoms with Gasteiger partial charge in [-0.15, -0.1) is 11.3 Å². The molecule has 1 unspecified atom stereocenters. The first-order valence-electron chi connectivity index (χ1n) is 11.1. The smallest absolute Gasteiger partial charge is 0.265 e. The maximum Gasteiger partial charge on any atom is 0.265 e. The van der Waals surface area contributed by atoms with Crippen molar-refractivity contribution in [2.45, 2.75) is 65.8 Å². The van der Waals surface area contributed by atoms with Crippen LogP contribution in [0, 0.1) is 19.8 Å². The molecule has 2 aliphatic rings. The van der Waals surface area contributed by atoms with Crippen LogP contribution in [-0.2, 0) is 4.79 Å². The summed E-state index contributed by atoms with van der Waals surface area (Å²) in [6.07, 6.45) is 5.53. The minimum Gasteiger partial charge on any atom is -0.338 e. The molecule has 3 heterocycles. The number of thiazole rings is 1. The van der Waals surface area contributed by atoms with Crippen molar-refractivity contribution in [1.29, 1.82) is 0 Å². The molecule has 0 aromatic carbocycles. The summed E-state index contributed by atoms with van der Waals surface area (Å²) in [5.41, 5.74) is 0.820. The molecule has 0 spiro atoms. The lowest BCUT2D eigenvalue weighted by atomic mass is 10.0. The maximum absolute atomic E-state index is 13.1. The van der Waals surface area contributed by atoms with E-state index in [1.165, 1.54) is 37.3 Å². The van der Waals surface area contributed by atoms with E-state index < -0.39 is 0 Å². The molecule has 3 rings (SSSR count). The highest BCUT2D eigenvalue weighted by Gasteiger charge is 2.32. The van der Waals surface area contributed by atoms with Gasteiger partial charge in [0.25, 0.3) is 5.91 Å². The van der Waals surface area contributed by atoms with E-state index in [-0.39, 0.29) is 23.8 Å². The number of amides is 2. The Balaban J connectivity index is 1.65. The second-order valence-electron chi connectivity index (χ2n) is 8.78. The fourth-order valence-electron chi connectivity index (χ4n) is 4.54. The zero-order valence-electron chi connectivity index (χ0n) is 18.4. The summed E-state index contributed by atoms with van der Waals surface area (Å²) < 4.78 is 0. The first-order chi connectivity index (χ1) is 13.9. The minimum absolute atomic E-state index is 0.0146. The highest BCUT2D eigenvalue weighted by Crippen LogP contribution is 2.24. The first-order valence-corrected chi connectivity index (χ1v) is 11.9. The van der Waals surface area contributed by atoms with Crippen LogP contribution in [0.2, 0.25) is 0 Å². The van der Waals surface area contributed by atoms with E-state index in [2.05, 4.69) is 14.8 Å². The Hall–Kier alpha value is -1.47. The number of carbonyl (C=O) groups is 2. The van der Waals surface area contributed by atoms with Crippen molar-refractivity contribution in [3.63, 3.8) is 0 Å². The van der Waals surface area contributed by atoms with Gasteiger partial charge in [0, 0.05) is 31.6 Å². The van der Waals surface area contributed by atoms with Crippen LogP contribution in [0.25, 0.3) is 0 Å². The van der Waals surface area contributed by atoms with Gasteiger partial charge in [-0.3, -0.25) is 9.59 Å². The largest absolute Gasteiger partial charge is 0.338 e. The Kier molecular flexibility index (Phi) is 7.68. The van der Waals surface area contributed by atoms with Crippen molar-refractivity contribution in [2.75, 3.05) is 39.3 Å². The molecule has 2 amide bonds. The van der Waals surface area contributed by atoms with Crippen molar-refractivity contribution in [3.05, 3.63) is 15.6 Å². The third kappa shape index (κ3) is 5.57. The quantitative estimate of drug-likeness (QED) is 0.679. The van der Waals surface area contributed by atoms with E-state index in [1.807, 2.05) is 32.6 Å². The summed E-state index contributed by atoms with van der Waals surface area (Å²) in [6.45, 7) is 13.4. The van der Waals surface area contributed by atoms with Gasteiger partial charge in [0.05, 0.1) is 10.7 Å². The van der Waals surface area contributed by atoms with Crippen LogP contribution in [0.15, 0.2) is 0 Å². The standard InChI is InChI=1S/C22H36N4O2S/c1-16(2)21(27)26(14-8-12-24-10-5-6-11-24)19-9-7-13-25(15-19)22(28)20-17(3)23-18(4)29-20/h16,19H,5-15H2,1-4H3. The van der Waals surface area contributed by atoms with Crippen LogP contribution in [0.5, 0.6) is 0 Å². The SMILES string of the molecule is Cc1nc(C)c(C(=O)N2CCCC(N(CCCN3CCCC3)C(=O)C(C)C)C2)s1. The van der Waals surface area contributed by atoms with E-state index in [9.17, 15) is 9.59 Å². The minimum atomic E-state index is -0.0146. The second-order valence-corrected chi connectivity index (χ2v) is 9.99. The summed E-state index contributed by atoms with van der Waals surface area (Å²) in [6, 6.07) is 0.121. The molecule has 1 atom stereocenters. The molecule has 0 saturated carbocycles. The van der Waals surface area contributed by atoms with Crippen LogP contribution in [-0.4, -0.2) is 76.8 Å². The molecule has 2 fully saturated rings. The molecule has 162 valence electrons. The molecular formula is C22H36N4O2S. The van der Waals surface area contributed by atoms with Crippen molar-refractivity contribution in [3.8, 4) is 0 Å². The van der Waals surface area contributed by atoms with Crippen LogP contribution >= 0.6 is 11.3 Å². The summed E-state index contributed by atoms with van der Waals surface area (Å²) in [4.78, 5) is 37.7. The molecule has 1 aromatic heterocycles.